The van der Waals surface area contributed by atoms with Gasteiger partial charge in [-0.2, -0.15) is 0 Å². The number of phenols is 1. The summed E-state index contributed by atoms with van der Waals surface area (Å²) in [6, 6.07) is 6.83. The van der Waals surface area contributed by atoms with E-state index in [0.717, 1.165) is 0 Å². The van der Waals surface area contributed by atoms with Crippen molar-refractivity contribution in [2.45, 2.75) is 26.7 Å². The number of aromatic hydroxyl groups is 1. The van der Waals surface area contributed by atoms with Crippen LogP contribution in [0.25, 0.3) is 11.5 Å². The van der Waals surface area contributed by atoms with Gasteiger partial charge < -0.3 is 9.52 Å². The largest absolute Gasteiger partial charge is 0.507 e. The van der Waals surface area contributed by atoms with Crippen LogP contribution in [0.1, 0.15) is 36.5 Å². The smallest absolute Gasteiger partial charge is 0.230 e. The van der Waals surface area contributed by atoms with Gasteiger partial charge in [-0.1, -0.05) is 26.0 Å². The van der Waals surface area contributed by atoms with Crippen LogP contribution in [0.15, 0.2) is 28.7 Å². The molecule has 0 aliphatic heterocycles. The zero-order valence-electron chi connectivity index (χ0n) is 10.9. The third-order valence-corrected chi connectivity index (χ3v) is 3.37. The van der Waals surface area contributed by atoms with E-state index >= 15 is 0 Å². The van der Waals surface area contributed by atoms with E-state index in [2.05, 4.69) is 4.98 Å². The first-order valence-corrected chi connectivity index (χ1v) is 6.27. The van der Waals surface area contributed by atoms with Crippen molar-refractivity contribution in [3.05, 3.63) is 35.7 Å². The first-order valence-electron chi connectivity index (χ1n) is 6.27. The molecular weight excluding hydrogens is 242 g/mol. The zero-order valence-corrected chi connectivity index (χ0v) is 10.9. The normalized spacial score (nSPS) is 17.3. The summed E-state index contributed by atoms with van der Waals surface area (Å²) in [4.78, 5) is 16.3. The molecule has 0 saturated heterocycles. The van der Waals surface area contributed by atoms with Gasteiger partial charge in [0.05, 0.1) is 5.56 Å². The molecule has 1 aromatic heterocycles. The summed E-state index contributed by atoms with van der Waals surface area (Å²) in [5.41, 5.74) is 0.833. The van der Waals surface area contributed by atoms with Crippen LogP contribution in [0.4, 0.5) is 0 Å². The SMILES string of the molecule is CC1(C)CC(=O)c2nc(-c3ccccc3O)oc2C1. The van der Waals surface area contributed by atoms with Crippen LogP contribution in [0.2, 0.25) is 0 Å². The van der Waals surface area contributed by atoms with Crippen LogP contribution in [0.3, 0.4) is 0 Å². The van der Waals surface area contributed by atoms with Crippen molar-refractivity contribution in [1.29, 1.82) is 0 Å². The Morgan fingerprint density at radius 1 is 1.26 bits per heavy atom. The van der Waals surface area contributed by atoms with Gasteiger partial charge in [0.1, 0.15) is 17.2 Å². The van der Waals surface area contributed by atoms with Gasteiger partial charge in [-0.15, -0.1) is 0 Å². The minimum absolute atomic E-state index is 0.0108. The van der Waals surface area contributed by atoms with Crippen LogP contribution < -0.4 is 0 Å². The maximum absolute atomic E-state index is 12.0. The van der Waals surface area contributed by atoms with Crippen molar-refractivity contribution in [3.8, 4) is 17.2 Å². The monoisotopic (exact) mass is 257 g/mol. The van der Waals surface area contributed by atoms with Gasteiger partial charge in [-0.3, -0.25) is 4.79 Å². The average molecular weight is 257 g/mol. The molecule has 0 bridgehead atoms. The Kier molecular flexibility index (Phi) is 2.49. The molecule has 3 rings (SSSR count). The minimum atomic E-state index is -0.0976. The highest BCUT2D eigenvalue weighted by Crippen LogP contribution is 2.37. The Labute approximate surface area is 111 Å². The lowest BCUT2D eigenvalue weighted by Gasteiger charge is -2.25. The predicted molar refractivity (Wildman–Crippen MR) is 70.0 cm³/mol. The summed E-state index contributed by atoms with van der Waals surface area (Å²) >= 11 is 0. The lowest BCUT2D eigenvalue weighted by atomic mass is 9.78. The number of hydrogen-bond donors (Lipinski definition) is 1. The van der Waals surface area contributed by atoms with Gasteiger partial charge in [0, 0.05) is 12.8 Å². The van der Waals surface area contributed by atoms with Gasteiger partial charge in [0.2, 0.25) is 5.89 Å². The number of carbonyl (C=O) groups excluding carboxylic acids is 1. The second-order valence-corrected chi connectivity index (χ2v) is 5.75. The molecule has 1 aromatic carbocycles. The summed E-state index contributed by atoms with van der Waals surface area (Å²) in [5, 5.41) is 9.81. The predicted octanol–water partition coefficient (Wildman–Crippen LogP) is 3.20. The van der Waals surface area contributed by atoms with Gasteiger partial charge in [-0.25, -0.2) is 4.98 Å². The number of oxazole rings is 1. The summed E-state index contributed by atoms with van der Waals surface area (Å²) < 4.78 is 5.69. The molecule has 1 aliphatic rings. The Morgan fingerprint density at radius 3 is 2.74 bits per heavy atom. The molecule has 0 saturated carbocycles. The van der Waals surface area contributed by atoms with Crippen LogP contribution in [-0.4, -0.2) is 15.9 Å². The fourth-order valence-electron chi connectivity index (χ4n) is 2.47. The number of ketones is 1. The van der Waals surface area contributed by atoms with E-state index in [1.54, 1.807) is 24.3 Å². The van der Waals surface area contributed by atoms with Gasteiger partial charge in [0.15, 0.2) is 5.78 Å². The highest BCUT2D eigenvalue weighted by molar-refractivity contribution is 5.97. The standard InChI is InChI=1S/C15H15NO3/c1-15(2)7-11(18)13-12(8-15)19-14(16-13)9-5-3-4-6-10(9)17/h3-6,17H,7-8H2,1-2H3. The number of carbonyl (C=O) groups is 1. The van der Waals surface area contributed by atoms with E-state index in [1.165, 1.54) is 0 Å². The van der Waals surface area contributed by atoms with Gasteiger partial charge in [0.25, 0.3) is 0 Å². The van der Waals surface area contributed by atoms with Crippen LogP contribution >= 0.6 is 0 Å². The molecule has 1 N–H and O–H groups in total. The van der Waals surface area contributed by atoms with Crippen molar-refractivity contribution in [2.75, 3.05) is 0 Å². The molecule has 2 aromatic rings. The molecule has 4 nitrogen and oxygen atoms in total. The molecule has 0 radical (unpaired) electrons. The van der Waals surface area contributed by atoms with E-state index in [-0.39, 0.29) is 16.9 Å². The number of para-hydroxylation sites is 1. The second-order valence-electron chi connectivity index (χ2n) is 5.75. The number of benzene rings is 1. The molecule has 4 heteroatoms. The number of rotatable bonds is 1. The Morgan fingerprint density at radius 2 is 2.00 bits per heavy atom. The number of Topliss-reactive ketones (excluding diaryl/α,β-unsaturated/α-hetero) is 1. The van der Waals surface area contributed by atoms with Crippen molar-refractivity contribution in [2.24, 2.45) is 5.41 Å². The Hall–Kier alpha value is -2.10. The molecular formula is C15H15NO3. The third-order valence-electron chi connectivity index (χ3n) is 3.37. The molecule has 0 atom stereocenters. The third kappa shape index (κ3) is 2.03. The number of hydrogen-bond acceptors (Lipinski definition) is 4. The molecule has 98 valence electrons. The summed E-state index contributed by atoms with van der Waals surface area (Å²) in [7, 11) is 0. The van der Waals surface area contributed by atoms with Gasteiger partial charge >= 0.3 is 0 Å². The molecule has 0 spiro atoms. The quantitative estimate of drug-likeness (QED) is 0.852. The van der Waals surface area contributed by atoms with Crippen LogP contribution in [0.5, 0.6) is 5.75 Å². The first kappa shape index (κ1) is 12.0. The molecule has 0 fully saturated rings. The summed E-state index contributed by atoms with van der Waals surface area (Å²) in [5.74, 6) is 1.05. The van der Waals surface area contributed by atoms with Crippen LogP contribution in [-0.2, 0) is 6.42 Å². The fraction of sp³-hybridized carbons (Fsp3) is 0.333. The van der Waals surface area contributed by atoms with Crippen molar-refractivity contribution in [1.82, 2.24) is 4.98 Å². The summed E-state index contributed by atoms with van der Waals surface area (Å²) in [6.45, 7) is 4.08. The number of fused-ring (bicyclic) bond motifs is 1. The lowest BCUT2D eigenvalue weighted by Crippen LogP contribution is -2.26. The highest BCUT2D eigenvalue weighted by atomic mass is 16.4. The maximum atomic E-state index is 12.0. The fourth-order valence-corrected chi connectivity index (χ4v) is 2.47. The number of aromatic nitrogens is 1. The van der Waals surface area contributed by atoms with Crippen molar-refractivity contribution in [3.63, 3.8) is 0 Å². The zero-order chi connectivity index (χ0) is 13.6. The minimum Gasteiger partial charge on any atom is -0.507 e. The highest BCUT2D eigenvalue weighted by Gasteiger charge is 2.35. The molecule has 19 heavy (non-hydrogen) atoms. The summed E-state index contributed by atoms with van der Waals surface area (Å²) in [6.07, 6.45) is 1.17. The topological polar surface area (TPSA) is 63.3 Å². The van der Waals surface area contributed by atoms with E-state index in [4.69, 9.17) is 4.42 Å². The molecule has 0 amide bonds. The average Bonchev–Trinajstić information content (AvgIpc) is 2.71. The second kappa shape index (κ2) is 3.95. The Balaban J connectivity index is 2.09. The first-order chi connectivity index (χ1) is 8.96. The van der Waals surface area contributed by atoms with Crippen molar-refractivity contribution < 1.29 is 14.3 Å². The maximum Gasteiger partial charge on any atom is 0.230 e. The van der Waals surface area contributed by atoms with Crippen molar-refractivity contribution >= 4 is 5.78 Å². The molecule has 1 heterocycles. The lowest BCUT2D eigenvalue weighted by molar-refractivity contribution is 0.0899. The van der Waals surface area contributed by atoms with E-state index in [0.29, 0.717) is 35.7 Å². The van der Waals surface area contributed by atoms with E-state index in [9.17, 15) is 9.90 Å². The number of nitrogens with zero attached hydrogens (tertiary/aromatic N) is 1. The van der Waals surface area contributed by atoms with E-state index < -0.39 is 0 Å². The Bertz CT molecular complexity index is 655. The molecule has 1 aliphatic carbocycles. The van der Waals surface area contributed by atoms with Crippen LogP contribution in [0, 0.1) is 5.41 Å². The van der Waals surface area contributed by atoms with Gasteiger partial charge in [-0.05, 0) is 17.5 Å². The van der Waals surface area contributed by atoms with E-state index in [1.807, 2.05) is 13.8 Å². The number of phenolic OH excluding ortho intramolecular Hbond substituents is 1. The molecule has 0 unspecified atom stereocenters.